The van der Waals surface area contributed by atoms with Crippen LogP contribution in [-0.4, -0.2) is 51.1 Å². The lowest BCUT2D eigenvalue weighted by Gasteiger charge is -2.43. The Labute approximate surface area is 148 Å². The minimum Gasteiger partial charge on any atom is -0.356 e. The Bertz CT molecular complexity index is 301. The number of rotatable bonds is 8. The molecule has 0 aromatic heterocycles. The van der Waals surface area contributed by atoms with E-state index in [0.717, 1.165) is 38.1 Å². The molecule has 0 unspecified atom stereocenters. The molecular formula is C16H35IN4. The van der Waals surface area contributed by atoms with Gasteiger partial charge in [-0.2, -0.15) is 0 Å². The van der Waals surface area contributed by atoms with Gasteiger partial charge in [-0.25, -0.2) is 0 Å². The summed E-state index contributed by atoms with van der Waals surface area (Å²) in [4.78, 5) is 6.63. The molecular weight excluding hydrogens is 375 g/mol. The summed E-state index contributed by atoms with van der Waals surface area (Å²) in [5, 5.41) is 6.94. The summed E-state index contributed by atoms with van der Waals surface area (Å²) < 4.78 is 0. The average molecular weight is 410 g/mol. The maximum atomic E-state index is 4.33. The van der Waals surface area contributed by atoms with Gasteiger partial charge in [0, 0.05) is 26.7 Å². The van der Waals surface area contributed by atoms with Crippen LogP contribution in [0.15, 0.2) is 4.99 Å². The third-order valence-corrected chi connectivity index (χ3v) is 4.44. The zero-order valence-electron chi connectivity index (χ0n) is 14.5. The van der Waals surface area contributed by atoms with Crippen LogP contribution in [-0.2, 0) is 0 Å². The Morgan fingerprint density at radius 2 is 1.95 bits per heavy atom. The summed E-state index contributed by atoms with van der Waals surface area (Å²) in [5.74, 6) is 1.73. The minimum absolute atomic E-state index is 0. The topological polar surface area (TPSA) is 39.7 Å². The van der Waals surface area contributed by atoms with E-state index in [1.54, 1.807) is 0 Å². The highest BCUT2D eigenvalue weighted by Crippen LogP contribution is 2.45. The number of halogens is 1. The summed E-state index contributed by atoms with van der Waals surface area (Å²) >= 11 is 0. The molecule has 0 radical (unpaired) electrons. The van der Waals surface area contributed by atoms with E-state index >= 15 is 0 Å². The van der Waals surface area contributed by atoms with Crippen LogP contribution in [0.1, 0.15) is 46.5 Å². The van der Waals surface area contributed by atoms with Gasteiger partial charge in [-0.1, -0.05) is 27.2 Å². The molecule has 4 nitrogen and oxygen atoms in total. The molecule has 21 heavy (non-hydrogen) atoms. The van der Waals surface area contributed by atoms with E-state index in [2.05, 4.69) is 48.3 Å². The lowest BCUT2D eigenvalue weighted by atomic mass is 9.64. The normalized spacial score (nSPS) is 17.4. The Morgan fingerprint density at radius 1 is 1.29 bits per heavy atom. The van der Waals surface area contributed by atoms with Gasteiger partial charge in [0.05, 0.1) is 0 Å². The number of likely N-dealkylation sites (N-methyl/N-ethyl adjacent to an activating group) is 1. The zero-order chi connectivity index (χ0) is 15.0. The molecule has 0 aromatic carbocycles. The predicted octanol–water partition coefficient (Wildman–Crippen LogP) is 2.94. The lowest BCUT2D eigenvalue weighted by Crippen LogP contribution is -2.48. The quantitative estimate of drug-likeness (QED) is 0.367. The third kappa shape index (κ3) is 7.68. The molecule has 0 aliphatic heterocycles. The van der Waals surface area contributed by atoms with Crippen molar-refractivity contribution in [3.63, 3.8) is 0 Å². The van der Waals surface area contributed by atoms with Gasteiger partial charge in [0.15, 0.2) is 5.96 Å². The molecule has 2 N–H and O–H groups in total. The lowest BCUT2D eigenvalue weighted by molar-refractivity contribution is 0.104. The molecule has 1 saturated carbocycles. The van der Waals surface area contributed by atoms with Gasteiger partial charge < -0.3 is 15.5 Å². The molecule has 0 atom stereocenters. The molecule has 0 aromatic rings. The maximum Gasteiger partial charge on any atom is 0.191 e. The summed E-state index contributed by atoms with van der Waals surface area (Å²) in [7, 11) is 4.00. The van der Waals surface area contributed by atoms with E-state index in [1.165, 1.54) is 25.7 Å². The smallest absolute Gasteiger partial charge is 0.191 e. The second-order valence-electron chi connectivity index (χ2n) is 6.70. The number of hydrogen-bond acceptors (Lipinski definition) is 2. The van der Waals surface area contributed by atoms with Crippen molar-refractivity contribution >= 4 is 29.9 Å². The van der Waals surface area contributed by atoms with Crippen molar-refractivity contribution in [1.29, 1.82) is 0 Å². The Balaban J connectivity index is 0.00000400. The molecule has 1 rings (SSSR count). The maximum absolute atomic E-state index is 4.33. The number of nitrogens with zero attached hydrogens (tertiary/aromatic N) is 2. The van der Waals surface area contributed by atoms with Crippen molar-refractivity contribution in [2.75, 3.05) is 40.3 Å². The second-order valence-corrected chi connectivity index (χ2v) is 6.70. The fourth-order valence-electron chi connectivity index (χ4n) is 3.01. The van der Waals surface area contributed by atoms with Crippen LogP contribution in [0.2, 0.25) is 0 Å². The molecule has 126 valence electrons. The molecule has 1 fully saturated rings. The predicted molar refractivity (Wildman–Crippen MR) is 104 cm³/mol. The van der Waals surface area contributed by atoms with Crippen molar-refractivity contribution in [1.82, 2.24) is 15.5 Å². The van der Waals surface area contributed by atoms with E-state index < -0.39 is 0 Å². The van der Waals surface area contributed by atoms with E-state index in [-0.39, 0.29) is 24.0 Å². The first-order valence-electron chi connectivity index (χ1n) is 8.14. The first-order chi connectivity index (χ1) is 9.51. The van der Waals surface area contributed by atoms with Crippen LogP contribution >= 0.6 is 24.0 Å². The van der Waals surface area contributed by atoms with Crippen molar-refractivity contribution in [2.24, 2.45) is 16.3 Å². The van der Waals surface area contributed by atoms with Gasteiger partial charge in [-0.05, 0) is 44.2 Å². The zero-order valence-corrected chi connectivity index (χ0v) is 16.9. The molecule has 0 heterocycles. The SMILES string of the molecule is CCN(C)CCNC(=NC)NCC1(CC(C)C)CCC1.I. The number of guanidine groups is 1. The van der Waals surface area contributed by atoms with Crippen LogP contribution in [0.4, 0.5) is 0 Å². The monoisotopic (exact) mass is 410 g/mol. The standard InChI is InChI=1S/C16H34N4.HI/c1-6-20(5)11-10-18-15(17-4)19-13-16(8-7-9-16)12-14(2)3;/h14H,6-13H2,1-5H3,(H2,17,18,19);1H. The van der Waals surface area contributed by atoms with Crippen LogP contribution in [0.3, 0.4) is 0 Å². The minimum atomic E-state index is 0. The first-order valence-corrected chi connectivity index (χ1v) is 8.14. The summed E-state index contributed by atoms with van der Waals surface area (Å²) in [5.41, 5.74) is 0.520. The third-order valence-electron chi connectivity index (χ3n) is 4.44. The molecule has 5 heteroatoms. The van der Waals surface area contributed by atoms with E-state index in [9.17, 15) is 0 Å². The average Bonchev–Trinajstić information content (AvgIpc) is 2.38. The van der Waals surface area contributed by atoms with E-state index in [0.29, 0.717) is 5.41 Å². The molecule has 1 aliphatic rings. The van der Waals surface area contributed by atoms with Crippen LogP contribution in [0.5, 0.6) is 0 Å². The molecule has 0 saturated heterocycles. The van der Waals surface area contributed by atoms with Crippen LogP contribution in [0.25, 0.3) is 0 Å². The van der Waals surface area contributed by atoms with E-state index in [1.807, 2.05) is 7.05 Å². The molecule has 0 amide bonds. The first kappa shape index (κ1) is 21.0. The van der Waals surface area contributed by atoms with Gasteiger partial charge in [0.1, 0.15) is 0 Å². The number of hydrogen-bond donors (Lipinski definition) is 2. The highest BCUT2D eigenvalue weighted by Gasteiger charge is 2.37. The van der Waals surface area contributed by atoms with E-state index in [4.69, 9.17) is 0 Å². The highest BCUT2D eigenvalue weighted by atomic mass is 127. The van der Waals surface area contributed by atoms with Crippen molar-refractivity contribution in [2.45, 2.75) is 46.5 Å². The second kappa shape index (κ2) is 10.6. The van der Waals surface area contributed by atoms with Crippen molar-refractivity contribution in [3.05, 3.63) is 0 Å². The van der Waals surface area contributed by atoms with Gasteiger partial charge in [0.2, 0.25) is 0 Å². The fourth-order valence-corrected chi connectivity index (χ4v) is 3.01. The van der Waals surface area contributed by atoms with Crippen molar-refractivity contribution in [3.8, 4) is 0 Å². The highest BCUT2D eigenvalue weighted by molar-refractivity contribution is 14.0. The molecule has 1 aliphatic carbocycles. The summed E-state index contributed by atoms with van der Waals surface area (Å²) in [6, 6.07) is 0. The van der Waals surface area contributed by atoms with Gasteiger partial charge in [-0.3, -0.25) is 4.99 Å². The number of aliphatic imine (C=N–C) groups is 1. The molecule has 0 bridgehead atoms. The van der Waals surface area contributed by atoms with Crippen LogP contribution in [0, 0.1) is 11.3 Å². The number of nitrogens with one attached hydrogen (secondary N) is 2. The van der Waals surface area contributed by atoms with Gasteiger partial charge in [-0.15, -0.1) is 24.0 Å². The van der Waals surface area contributed by atoms with Gasteiger partial charge in [0.25, 0.3) is 0 Å². The Morgan fingerprint density at radius 3 is 2.38 bits per heavy atom. The largest absolute Gasteiger partial charge is 0.356 e. The Hall–Kier alpha value is -0.0400. The fraction of sp³-hybridized carbons (Fsp3) is 0.938. The van der Waals surface area contributed by atoms with Crippen LogP contribution < -0.4 is 10.6 Å². The van der Waals surface area contributed by atoms with Gasteiger partial charge >= 0.3 is 0 Å². The van der Waals surface area contributed by atoms with Crippen molar-refractivity contribution < 1.29 is 0 Å². The Kier molecular flexibility index (Phi) is 10.6. The molecule has 0 spiro atoms. The summed E-state index contributed by atoms with van der Waals surface area (Å²) in [6.45, 7) is 11.0. The summed E-state index contributed by atoms with van der Waals surface area (Å²) in [6.07, 6.45) is 5.46.